The lowest BCUT2D eigenvalue weighted by atomic mass is 9.97. The molecule has 0 aliphatic carbocycles. The maximum atomic E-state index is 10.6. The second kappa shape index (κ2) is 16.9. The molecule has 1 fully saturated rings. The molecular weight excluding hydrogens is 592 g/mol. The zero-order chi connectivity index (χ0) is 32.1. The van der Waals surface area contributed by atoms with Crippen molar-refractivity contribution in [3.63, 3.8) is 0 Å². The predicted molar refractivity (Wildman–Crippen MR) is 179 cm³/mol. The molecule has 242 valence electrons. The largest absolute Gasteiger partial charge is 0.504 e. The molecule has 0 saturated carbocycles. The molecule has 1 heterocycles. The normalized spacial score (nSPS) is 20.9. The van der Waals surface area contributed by atoms with Gasteiger partial charge in [-0.2, -0.15) is 0 Å². The average Bonchev–Trinajstić information content (AvgIpc) is 3.12. The van der Waals surface area contributed by atoms with E-state index in [0.29, 0.717) is 26.4 Å². The Balaban J connectivity index is 1.32. The molecule has 1 aliphatic heterocycles. The summed E-state index contributed by atoms with van der Waals surface area (Å²) in [7, 11) is 0. The van der Waals surface area contributed by atoms with E-state index in [4.69, 9.17) is 28.4 Å². The van der Waals surface area contributed by atoms with Gasteiger partial charge >= 0.3 is 0 Å². The SMILES string of the molecule is Oc1ccccc1O[C@H]1O[C@H](COCc2ccccc2)[C@@H](OCc2ccccc2)[C@H](OCc2ccccc2)[C@H]1OCc1ccccc1. The van der Waals surface area contributed by atoms with E-state index < -0.39 is 30.7 Å². The van der Waals surface area contributed by atoms with Crippen molar-refractivity contribution in [2.75, 3.05) is 6.61 Å². The zero-order valence-electron chi connectivity index (χ0n) is 26.2. The van der Waals surface area contributed by atoms with Crippen LogP contribution in [0.4, 0.5) is 0 Å². The molecule has 6 rings (SSSR count). The van der Waals surface area contributed by atoms with Gasteiger partial charge in [0.1, 0.15) is 24.4 Å². The predicted octanol–water partition coefficient (Wildman–Crippen LogP) is 7.47. The van der Waals surface area contributed by atoms with Gasteiger partial charge in [0.15, 0.2) is 11.5 Å². The standard InChI is InChI=1S/C40H40O7/c41-34-23-13-14-24-35(34)46-40-39(45-28-33-21-11-4-12-22-33)38(44-27-32-19-9-3-10-20-32)37(43-26-31-17-7-2-8-18-31)36(47-40)29-42-25-30-15-5-1-6-16-30/h1-24,36-41H,25-29H2/t36-,37-,38+,39-,40+/m1/s1. The van der Waals surface area contributed by atoms with Crippen molar-refractivity contribution < 1.29 is 33.5 Å². The van der Waals surface area contributed by atoms with Crippen LogP contribution >= 0.6 is 0 Å². The summed E-state index contributed by atoms with van der Waals surface area (Å²) in [5, 5.41) is 10.6. The fourth-order valence-corrected chi connectivity index (χ4v) is 5.52. The minimum absolute atomic E-state index is 0.000933. The number of aromatic hydroxyl groups is 1. The first kappa shape index (κ1) is 32.4. The van der Waals surface area contributed by atoms with Gasteiger partial charge in [0.25, 0.3) is 0 Å². The summed E-state index contributed by atoms with van der Waals surface area (Å²) in [5.74, 6) is 0.277. The van der Waals surface area contributed by atoms with Gasteiger partial charge in [0.2, 0.25) is 6.29 Å². The van der Waals surface area contributed by atoms with Crippen LogP contribution in [0.5, 0.6) is 11.5 Å². The van der Waals surface area contributed by atoms with Gasteiger partial charge in [-0.3, -0.25) is 0 Å². The van der Waals surface area contributed by atoms with Gasteiger partial charge in [0.05, 0.1) is 33.0 Å². The molecule has 1 aliphatic rings. The van der Waals surface area contributed by atoms with E-state index in [2.05, 4.69) is 0 Å². The highest BCUT2D eigenvalue weighted by Gasteiger charge is 2.50. The van der Waals surface area contributed by atoms with Crippen molar-refractivity contribution in [2.45, 2.75) is 57.1 Å². The number of rotatable bonds is 15. The minimum Gasteiger partial charge on any atom is -0.504 e. The van der Waals surface area contributed by atoms with Crippen LogP contribution in [0.15, 0.2) is 146 Å². The smallest absolute Gasteiger partial charge is 0.229 e. The summed E-state index contributed by atoms with van der Waals surface area (Å²) >= 11 is 0. The van der Waals surface area contributed by atoms with Gasteiger partial charge in [0, 0.05) is 0 Å². The first-order valence-corrected chi connectivity index (χ1v) is 15.9. The number of hydrogen-bond donors (Lipinski definition) is 1. The van der Waals surface area contributed by atoms with E-state index >= 15 is 0 Å². The van der Waals surface area contributed by atoms with Crippen molar-refractivity contribution in [3.8, 4) is 11.5 Å². The Kier molecular flexibility index (Phi) is 11.7. The van der Waals surface area contributed by atoms with Crippen molar-refractivity contribution in [1.29, 1.82) is 0 Å². The van der Waals surface area contributed by atoms with Crippen molar-refractivity contribution in [2.24, 2.45) is 0 Å². The number of para-hydroxylation sites is 2. The molecule has 0 unspecified atom stereocenters. The van der Waals surface area contributed by atoms with Gasteiger partial charge < -0.3 is 33.5 Å². The summed E-state index contributed by atoms with van der Waals surface area (Å²) in [5.41, 5.74) is 4.07. The monoisotopic (exact) mass is 632 g/mol. The summed E-state index contributed by atoms with van der Waals surface area (Å²) in [6.45, 7) is 1.57. The average molecular weight is 633 g/mol. The van der Waals surface area contributed by atoms with Crippen LogP contribution < -0.4 is 4.74 Å². The van der Waals surface area contributed by atoms with E-state index in [9.17, 15) is 5.11 Å². The van der Waals surface area contributed by atoms with Crippen LogP contribution in [0.1, 0.15) is 22.3 Å². The molecule has 47 heavy (non-hydrogen) atoms. The van der Waals surface area contributed by atoms with Crippen LogP contribution in [0, 0.1) is 0 Å². The molecule has 5 aromatic rings. The Morgan fingerprint density at radius 3 is 1.40 bits per heavy atom. The second-order valence-electron chi connectivity index (χ2n) is 11.4. The number of hydrogen-bond acceptors (Lipinski definition) is 7. The minimum atomic E-state index is -0.949. The quantitative estimate of drug-likeness (QED) is 0.128. The highest BCUT2D eigenvalue weighted by atomic mass is 16.7. The molecule has 7 nitrogen and oxygen atoms in total. The van der Waals surface area contributed by atoms with Crippen LogP contribution in [-0.4, -0.2) is 42.4 Å². The summed E-state index contributed by atoms with van der Waals surface area (Å²) in [4.78, 5) is 0. The third-order valence-electron chi connectivity index (χ3n) is 7.95. The van der Waals surface area contributed by atoms with Gasteiger partial charge in [-0.25, -0.2) is 0 Å². The molecule has 0 spiro atoms. The molecule has 1 saturated heterocycles. The lowest BCUT2D eigenvalue weighted by Crippen LogP contribution is -2.62. The van der Waals surface area contributed by atoms with Crippen LogP contribution in [0.3, 0.4) is 0 Å². The zero-order valence-corrected chi connectivity index (χ0v) is 26.2. The maximum Gasteiger partial charge on any atom is 0.229 e. The Morgan fingerprint density at radius 2 is 0.894 bits per heavy atom. The number of ether oxygens (including phenoxy) is 6. The highest BCUT2D eigenvalue weighted by molar-refractivity contribution is 5.38. The van der Waals surface area contributed by atoms with Crippen molar-refractivity contribution in [3.05, 3.63) is 168 Å². The first-order chi connectivity index (χ1) is 23.2. The van der Waals surface area contributed by atoms with Gasteiger partial charge in [-0.1, -0.05) is 133 Å². The fraction of sp³-hybridized carbons (Fsp3) is 0.250. The van der Waals surface area contributed by atoms with Crippen LogP contribution in [-0.2, 0) is 50.1 Å². The summed E-state index contributed by atoms with van der Waals surface area (Å²) < 4.78 is 39.3. The number of phenolic OH excluding ortho intramolecular Hbond substituents is 1. The molecule has 7 heteroatoms. The van der Waals surface area contributed by atoms with Gasteiger partial charge in [-0.15, -0.1) is 0 Å². The molecule has 0 bridgehead atoms. The lowest BCUT2D eigenvalue weighted by Gasteiger charge is -2.45. The summed E-state index contributed by atoms with van der Waals surface area (Å²) in [6.07, 6.45) is -3.48. The number of phenols is 1. The van der Waals surface area contributed by atoms with E-state index in [1.807, 2.05) is 121 Å². The first-order valence-electron chi connectivity index (χ1n) is 15.9. The van der Waals surface area contributed by atoms with E-state index in [1.165, 1.54) is 0 Å². The maximum absolute atomic E-state index is 10.6. The van der Waals surface area contributed by atoms with E-state index in [1.54, 1.807) is 24.3 Å². The Morgan fingerprint density at radius 1 is 0.468 bits per heavy atom. The Labute approximate surface area is 276 Å². The van der Waals surface area contributed by atoms with Crippen LogP contribution in [0.2, 0.25) is 0 Å². The van der Waals surface area contributed by atoms with E-state index in [0.717, 1.165) is 22.3 Å². The van der Waals surface area contributed by atoms with Crippen molar-refractivity contribution in [1.82, 2.24) is 0 Å². The molecule has 5 atom stereocenters. The molecule has 0 radical (unpaired) electrons. The molecule has 0 amide bonds. The second-order valence-corrected chi connectivity index (χ2v) is 11.4. The fourth-order valence-electron chi connectivity index (χ4n) is 5.52. The highest BCUT2D eigenvalue weighted by Crippen LogP contribution is 2.34. The summed E-state index contributed by atoms with van der Waals surface area (Å²) in [6, 6.07) is 46.7. The van der Waals surface area contributed by atoms with Gasteiger partial charge in [-0.05, 0) is 34.4 Å². The van der Waals surface area contributed by atoms with Crippen LogP contribution in [0.25, 0.3) is 0 Å². The number of benzene rings is 5. The molecule has 0 aromatic heterocycles. The molecule has 5 aromatic carbocycles. The van der Waals surface area contributed by atoms with Crippen molar-refractivity contribution >= 4 is 0 Å². The third kappa shape index (κ3) is 9.29. The molecular formula is C40H40O7. The van der Waals surface area contributed by atoms with E-state index in [-0.39, 0.29) is 18.1 Å². The topological polar surface area (TPSA) is 75.6 Å². The Bertz CT molecular complexity index is 1600. The lowest BCUT2D eigenvalue weighted by molar-refractivity contribution is -0.310. The molecule has 1 N–H and O–H groups in total. The Hall–Kier alpha value is -4.50. The third-order valence-corrected chi connectivity index (χ3v) is 7.95.